The first kappa shape index (κ1) is 17.9. The summed E-state index contributed by atoms with van der Waals surface area (Å²) in [6.45, 7) is 2.24. The van der Waals surface area contributed by atoms with Crippen LogP contribution in [0, 0.1) is 0 Å². The third-order valence-corrected chi connectivity index (χ3v) is 3.07. The maximum atomic E-state index is 10.0. The molecule has 0 aromatic heterocycles. The Bertz CT molecular complexity index is 261. The Balaban J connectivity index is 3.14. The Morgan fingerprint density at radius 3 is 1.84 bits per heavy atom. The molecule has 0 heterocycles. The van der Waals surface area contributed by atoms with E-state index in [2.05, 4.69) is 25.2 Å². The van der Waals surface area contributed by atoms with Crippen molar-refractivity contribution < 1.29 is 4.79 Å². The Morgan fingerprint density at radius 2 is 1.21 bits per heavy atom. The molecule has 0 aromatic carbocycles. The van der Waals surface area contributed by atoms with E-state index in [1.54, 1.807) is 6.08 Å². The van der Waals surface area contributed by atoms with Gasteiger partial charge in [0.25, 0.3) is 0 Å². The molecule has 0 rings (SSSR count). The molecule has 108 valence electrons. The van der Waals surface area contributed by atoms with Crippen LogP contribution in [0.1, 0.15) is 71.1 Å². The van der Waals surface area contributed by atoms with Gasteiger partial charge in [0.1, 0.15) is 6.29 Å². The van der Waals surface area contributed by atoms with E-state index in [-0.39, 0.29) is 0 Å². The molecule has 1 nitrogen and oxygen atoms in total. The zero-order chi connectivity index (χ0) is 14.0. The molecule has 0 unspecified atom stereocenters. The molecular formula is C18H30O. The molecule has 0 radical (unpaired) electrons. The lowest BCUT2D eigenvalue weighted by Gasteiger charge is -1.98. The van der Waals surface area contributed by atoms with Gasteiger partial charge in [-0.05, 0) is 38.2 Å². The molecule has 1 heteroatoms. The first-order valence-electron chi connectivity index (χ1n) is 7.83. The number of carbonyl (C=O) groups is 1. The van der Waals surface area contributed by atoms with Gasteiger partial charge < -0.3 is 0 Å². The van der Waals surface area contributed by atoms with E-state index in [9.17, 15) is 4.79 Å². The number of aldehydes is 1. The zero-order valence-corrected chi connectivity index (χ0v) is 12.5. The van der Waals surface area contributed by atoms with Crippen LogP contribution in [0.4, 0.5) is 0 Å². The number of allylic oxidation sites excluding steroid dienone is 6. The molecule has 0 bridgehead atoms. The molecule has 0 saturated heterocycles. The van der Waals surface area contributed by atoms with Gasteiger partial charge in [0.05, 0.1) is 0 Å². The van der Waals surface area contributed by atoms with Crippen LogP contribution >= 0.6 is 0 Å². The minimum absolute atomic E-state index is 0.807. The quantitative estimate of drug-likeness (QED) is 0.135. The highest BCUT2D eigenvalue weighted by molar-refractivity contribution is 5.65. The molecule has 0 atom stereocenters. The lowest BCUT2D eigenvalue weighted by Crippen LogP contribution is -1.78. The van der Waals surface area contributed by atoms with E-state index in [4.69, 9.17) is 0 Å². The van der Waals surface area contributed by atoms with Crippen molar-refractivity contribution in [3.63, 3.8) is 0 Å². The van der Waals surface area contributed by atoms with Gasteiger partial charge in [-0.2, -0.15) is 0 Å². The third kappa shape index (κ3) is 16.9. The van der Waals surface area contributed by atoms with Gasteiger partial charge in [-0.15, -0.1) is 0 Å². The topological polar surface area (TPSA) is 17.1 Å². The first-order chi connectivity index (χ1) is 9.41. The van der Waals surface area contributed by atoms with Gasteiger partial charge in [-0.1, -0.05) is 69.4 Å². The summed E-state index contributed by atoms with van der Waals surface area (Å²) in [5.41, 5.74) is 0. The van der Waals surface area contributed by atoms with Crippen molar-refractivity contribution in [1.82, 2.24) is 0 Å². The highest BCUT2D eigenvalue weighted by Gasteiger charge is 1.88. The Hall–Kier alpha value is -1.11. The number of hydrogen-bond acceptors (Lipinski definition) is 1. The highest BCUT2D eigenvalue weighted by atomic mass is 16.1. The third-order valence-electron chi connectivity index (χ3n) is 3.07. The van der Waals surface area contributed by atoms with Gasteiger partial charge in [0, 0.05) is 0 Å². The summed E-state index contributed by atoms with van der Waals surface area (Å²) in [5.74, 6) is 0. The molecular weight excluding hydrogens is 232 g/mol. The monoisotopic (exact) mass is 262 g/mol. The highest BCUT2D eigenvalue weighted by Crippen LogP contribution is 2.08. The molecule has 0 saturated carbocycles. The van der Waals surface area contributed by atoms with Gasteiger partial charge in [-0.3, -0.25) is 4.79 Å². The van der Waals surface area contributed by atoms with Crippen LogP contribution in [0.15, 0.2) is 36.5 Å². The van der Waals surface area contributed by atoms with Crippen molar-refractivity contribution in [2.24, 2.45) is 0 Å². The number of hydrogen-bond donors (Lipinski definition) is 0. The van der Waals surface area contributed by atoms with Crippen molar-refractivity contribution >= 4 is 6.29 Å². The second kappa shape index (κ2) is 16.9. The summed E-state index contributed by atoms with van der Waals surface area (Å²) in [7, 11) is 0. The van der Waals surface area contributed by atoms with E-state index >= 15 is 0 Å². The molecule has 0 aliphatic rings. The van der Waals surface area contributed by atoms with Crippen LogP contribution in [0.25, 0.3) is 0 Å². The summed E-state index contributed by atoms with van der Waals surface area (Å²) in [5, 5.41) is 0. The van der Waals surface area contributed by atoms with Crippen LogP contribution in [0.2, 0.25) is 0 Å². The molecule has 0 spiro atoms. The van der Waals surface area contributed by atoms with E-state index in [0.717, 1.165) is 12.7 Å². The summed E-state index contributed by atoms with van der Waals surface area (Å²) in [6, 6.07) is 0. The van der Waals surface area contributed by atoms with Crippen LogP contribution in [0.5, 0.6) is 0 Å². The molecule has 0 N–H and O–H groups in total. The van der Waals surface area contributed by atoms with Crippen molar-refractivity contribution in [3.8, 4) is 0 Å². The Labute approximate surface area is 119 Å². The lowest BCUT2D eigenvalue weighted by atomic mass is 10.1. The molecule has 19 heavy (non-hydrogen) atoms. The molecule has 0 aliphatic carbocycles. The van der Waals surface area contributed by atoms with Crippen LogP contribution in [-0.4, -0.2) is 6.29 Å². The standard InChI is InChI=1S/C18H30O/c1-2-3-4-5-6-7-8-9-10-11-12-13-14-15-16-17-18-19/h5-6,14-18H,2-4,7-13H2,1H3/b6-5?,15-14-,17-16?. The summed E-state index contributed by atoms with van der Waals surface area (Å²) >= 11 is 0. The van der Waals surface area contributed by atoms with Crippen molar-refractivity contribution in [2.45, 2.75) is 71.1 Å². The fourth-order valence-corrected chi connectivity index (χ4v) is 1.90. The summed E-state index contributed by atoms with van der Waals surface area (Å²) < 4.78 is 0. The molecule has 0 amide bonds. The predicted octanol–water partition coefficient (Wildman–Crippen LogP) is 5.77. The van der Waals surface area contributed by atoms with E-state index < -0.39 is 0 Å². The predicted molar refractivity (Wildman–Crippen MR) is 85.3 cm³/mol. The van der Waals surface area contributed by atoms with E-state index in [1.807, 2.05) is 6.08 Å². The fraction of sp³-hybridized carbons (Fsp3) is 0.611. The SMILES string of the molecule is CCCCC=CCCCCCCC/C=C\C=CC=O. The van der Waals surface area contributed by atoms with Crippen molar-refractivity contribution in [2.75, 3.05) is 0 Å². The number of unbranched alkanes of at least 4 members (excludes halogenated alkanes) is 8. The number of rotatable bonds is 13. The minimum atomic E-state index is 0.807. The first-order valence-corrected chi connectivity index (χ1v) is 7.83. The second-order valence-corrected chi connectivity index (χ2v) is 4.91. The van der Waals surface area contributed by atoms with Gasteiger partial charge >= 0.3 is 0 Å². The molecule has 0 aliphatic heterocycles. The minimum Gasteiger partial charge on any atom is -0.299 e. The Morgan fingerprint density at radius 1 is 0.632 bits per heavy atom. The van der Waals surface area contributed by atoms with Gasteiger partial charge in [0.2, 0.25) is 0 Å². The average Bonchev–Trinajstić information content (AvgIpc) is 2.43. The summed E-state index contributed by atoms with van der Waals surface area (Å²) in [4.78, 5) is 10.0. The molecule has 0 fully saturated rings. The second-order valence-electron chi connectivity index (χ2n) is 4.91. The maximum absolute atomic E-state index is 10.0. The zero-order valence-electron chi connectivity index (χ0n) is 12.5. The molecule has 0 aromatic rings. The smallest absolute Gasteiger partial charge is 0.142 e. The van der Waals surface area contributed by atoms with Crippen molar-refractivity contribution in [3.05, 3.63) is 36.5 Å². The van der Waals surface area contributed by atoms with E-state index in [1.165, 1.54) is 63.9 Å². The largest absolute Gasteiger partial charge is 0.299 e. The number of carbonyl (C=O) groups excluding carboxylic acids is 1. The normalized spacial score (nSPS) is 12.1. The van der Waals surface area contributed by atoms with Crippen LogP contribution < -0.4 is 0 Å². The van der Waals surface area contributed by atoms with Crippen molar-refractivity contribution in [1.29, 1.82) is 0 Å². The van der Waals surface area contributed by atoms with E-state index in [0.29, 0.717) is 0 Å². The van der Waals surface area contributed by atoms with Gasteiger partial charge in [-0.25, -0.2) is 0 Å². The van der Waals surface area contributed by atoms with Crippen LogP contribution in [-0.2, 0) is 4.79 Å². The van der Waals surface area contributed by atoms with Crippen LogP contribution in [0.3, 0.4) is 0 Å². The summed E-state index contributed by atoms with van der Waals surface area (Å²) in [6.07, 6.45) is 25.7. The lowest BCUT2D eigenvalue weighted by molar-refractivity contribution is -0.104. The fourth-order valence-electron chi connectivity index (χ4n) is 1.90. The average molecular weight is 262 g/mol. The maximum Gasteiger partial charge on any atom is 0.142 e. The van der Waals surface area contributed by atoms with Gasteiger partial charge in [0.15, 0.2) is 0 Å². The Kier molecular flexibility index (Phi) is 15.9.